The first kappa shape index (κ1) is 25.1. The fourth-order valence-electron chi connectivity index (χ4n) is 9.67. The Kier molecular flexibility index (Phi) is 5.46. The molecule has 4 atom stereocenters. The van der Waals surface area contributed by atoms with Gasteiger partial charge in [0.2, 0.25) is 0 Å². The van der Waals surface area contributed by atoms with Gasteiger partial charge >= 0.3 is 6.16 Å². The molecule has 6 aliphatic carbocycles. The molecule has 4 bridgehead atoms. The number of ether oxygens (including phenoxy) is 4. The van der Waals surface area contributed by atoms with Crippen molar-refractivity contribution in [3.05, 3.63) is 141 Å². The summed E-state index contributed by atoms with van der Waals surface area (Å²) in [5.74, 6) is 2.25. The van der Waals surface area contributed by atoms with E-state index in [0.29, 0.717) is 50.1 Å². The minimum absolute atomic E-state index is 0.161. The molecule has 2 aliphatic heterocycles. The van der Waals surface area contributed by atoms with Crippen LogP contribution in [-0.2, 0) is 18.9 Å². The van der Waals surface area contributed by atoms with E-state index in [2.05, 4.69) is 84.9 Å². The largest absolute Gasteiger partial charge is 0.412 e. The van der Waals surface area contributed by atoms with Gasteiger partial charge in [0.25, 0.3) is 0 Å². The molecule has 2 fully saturated rings. The summed E-state index contributed by atoms with van der Waals surface area (Å²) in [6.45, 7) is 2.12. The minimum atomic E-state index is -1.39. The molecule has 0 aromatic heterocycles. The van der Waals surface area contributed by atoms with E-state index in [-0.39, 0.29) is 11.8 Å². The van der Waals surface area contributed by atoms with Crippen LogP contribution in [0.15, 0.2) is 84.9 Å². The molecule has 4 heteroatoms. The van der Waals surface area contributed by atoms with Gasteiger partial charge in [0, 0.05) is 35.5 Å². The molecule has 43 heavy (non-hydrogen) atoms. The molecule has 0 radical (unpaired) electrons. The van der Waals surface area contributed by atoms with Gasteiger partial charge in [-0.05, 0) is 81.3 Å². The van der Waals surface area contributed by atoms with E-state index >= 15 is 0 Å². The lowest BCUT2D eigenvalue weighted by atomic mass is 9.62. The van der Waals surface area contributed by atoms with E-state index < -0.39 is 6.16 Å². The van der Waals surface area contributed by atoms with Gasteiger partial charge in [0.15, 0.2) is 0 Å². The molecule has 216 valence electrons. The van der Waals surface area contributed by atoms with Crippen LogP contribution in [0.5, 0.6) is 0 Å². The summed E-state index contributed by atoms with van der Waals surface area (Å²) in [5, 5.41) is 0. The third-order valence-corrected chi connectivity index (χ3v) is 11.5. The summed E-state index contributed by atoms with van der Waals surface area (Å²) in [6.07, 6.45) is 3.51. The first-order chi connectivity index (χ1) is 21.3. The molecular formula is C39H36O4. The Morgan fingerprint density at radius 3 is 1.12 bits per heavy atom. The molecule has 0 amide bonds. The first-order valence-corrected chi connectivity index (χ1v) is 16.3. The van der Waals surface area contributed by atoms with Crippen LogP contribution in [0, 0.1) is 0 Å². The van der Waals surface area contributed by atoms with Gasteiger partial charge < -0.3 is 18.9 Å². The lowest BCUT2D eigenvalue weighted by Gasteiger charge is -2.46. The summed E-state index contributed by atoms with van der Waals surface area (Å²) in [5.41, 5.74) is 14.8. The Bertz CT molecular complexity index is 1610. The predicted molar refractivity (Wildman–Crippen MR) is 164 cm³/mol. The summed E-state index contributed by atoms with van der Waals surface area (Å²) >= 11 is 0. The van der Waals surface area contributed by atoms with Gasteiger partial charge in [-0.2, -0.15) is 0 Å². The van der Waals surface area contributed by atoms with Gasteiger partial charge in [0.1, 0.15) is 0 Å². The standard InChI is InChI=1S/C39H36O4/c1-3-9-29-27(7-1)31-15-17-35(29)37-25(11-5-13-33(31)37)23-19-40-39(41-20-23)42-21-24(22-43-39)26-12-6-14-34-32-16-18-36(38(26)34)30-10-4-2-8-28(30)32/h1-14,23-24,31-32,35-36H,15-22H2. The molecule has 2 saturated heterocycles. The number of rotatable bonds is 2. The lowest BCUT2D eigenvalue weighted by molar-refractivity contribution is -0.528. The Hall–Kier alpha value is -3.28. The third kappa shape index (κ3) is 3.58. The average molecular weight is 569 g/mol. The zero-order valence-electron chi connectivity index (χ0n) is 24.3. The van der Waals surface area contributed by atoms with Crippen molar-refractivity contribution in [1.29, 1.82) is 0 Å². The molecule has 4 nitrogen and oxygen atoms in total. The summed E-state index contributed by atoms with van der Waals surface area (Å²) in [4.78, 5) is 0. The van der Waals surface area contributed by atoms with Crippen molar-refractivity contribution in [2.24, 2.45) is 0 Å². The molecule has 12 rings (SSSR count). The molecular weight excluding hydrogens is 532 g/mol. The van der Waals surface area contributed by atoms with Gasteiger partial charge in [-0.25, -0.2) is 0 Å². The maximum absolute atomic E-state index is 6.34. The van der Waals surface area contributed by atoms with E-state index in [0.717, 1.165) is 0 Å². The number of benzene rings is 4. The van der Waals surface area contributed by atoms with Crippen LogP contribution < -0.4 is 0 Å². The van der Waals surface area contributed by atoms with Crippen molar-refractivity contribution in [2.45, 2.75) is 67.3 Å². The van der Waals surface area contributed by atoms with Crippen LogP contribution in [0.25, 0.3) is 0 Å². The van der Waals surface area contributed by atoms with Gasteiger partial charge in [-0.3, -0.25) is 0 Å². The highest BCUT2D eigenvalue weighted by molar-refractivity contribution is 5.59. The quantitative estimate of drug-likeness (QED) is 0.246. The van der Waals surface area contributed by atoms with Gasteiger partial charge in [0.05, 0.1) is 26.4 Å². The predicted octanol–water partition coefficient (Wildman–Crippen LogP) is 8.00. The smallest absolute Gasteiger partial charge is 0.303 e. The fraction of sp³-hybridized carbons (Fsp3) is 0.385. The van der Waals surface area contributed by atoms with Crippen molar-refractivity contribution in [3.63, 3.8) is 0 Å². The summed E-state index contributed by atoms with van der Waals surface area (Å²) in [6, 6.07) is 31.8. The number of hydrogen-bond donors (Lipinski definition) is 0. The zero-order chi connectivity index (χ0) is 28.1. The summed E-state index contributed by atoms with van der Waals surface area (Å²) < 4.78 is 25.4. The zero-order valence-corrected chi connectivity index (χ0v) is 24.3. The van der Waals surface area contributed by atoms with Crippen LogP contribution >= 0.6 is 0 Å². The highest BCUT2D eigenvalue weighted by atomic mass is 17.0. The van der Waals surface area contributed by atoms with Crippen molar-refractivity contribution >= 4 is 0 Å². The van der Waals surface area contributed by atoms with E-state index in [1.54, 1.807) is 0 Å². The topological polar surface area (TPSA) is 36.9 Å². The molecule has 4 unspecified atom stereocenters. The van der Waals surface area contributed by atoms with Crippen LogP contribution in [0.2, 0.25) is 0 Å². The van der Waals surface area contributed by atoms with E-state index in [9.17, 15) is 0 Å². The maximum atomic E-state index is 6.34. The fourth-order valence-corrected chi connectivity index (χ4v) is 9.67. The number of fused-ring (bicyclic) bond motifs is 2. The SMILES string of the molecule is c1ccc2c(c1)C1CCC2c2c(C3COC4(OC3)OCC(c3cccc5c3C3CCC5c5ccccc53)CO4)cccc21. The van der Waals surface area contributed by atoms with Crippen molar-refractivity contribution < 1.29 is 18.9 Å². The van der Waals surface area contributed by atoms with Gasteiger partial charge in [-0.1, -0.05) is 84.9 Å². The molecule has 8 aliphatic rings. The Balaban J connectivity index is 0.876. The normalized spacial score (nSPS) is 33.0. The molecule has 1 spiro atoms. The van der Waals surface area contributed by atoms with Crippen molar-refractivity contribution in [2.75, 3.05) is 26.4 Å². The number of hydrogen-bond acceptors (Lipinski definition) is 4. The molecule has 0 N–H and O–H groups in total. The van der Waals surface area contributed by atoms with Crippen molar-refractivity contribution in [3.8, 4) is 0 Å². The second-order valence-electron chi connectivity index (χ2n) is 13.5. The van der Waals surface area contributed by atoms with E-state index in [1.165, 1.54) is 81.3 Å². The molecule has 2 heterocycles. The minimum Gasteiger partial charge on any atom is -0.303 e. The van der Waals surface area contributed by atoms with Crippen LogP contribution in [-0.4, -0.2) is 32.6 Å². The lowest BCUT2D eigenvalue weighted by Crippen LogP contribution is -2.52. The molecule has 0 saturated carbocycles. The van der Waals surface area contributed by atoms with E-state index in [4.69, 9.17) is 18.9 Å². The average Bonchev–Trinajstić information content (AvgIpc) is 3.09. The Morgan fingerprint density at radius 1 is 0.372 bits per heavy atom. The Morgan fingerprint density at radius 2 is 0.698 bits per heavy atom. The second kappa shape index (κ2) is 9.36. The van der Waals surface area contributed by atoms with Crippen LogP contribution in [0.1, 0.15) is 117 Å². The van der Waals surface area contributed by atoms with Crippen LogP contribution in [0.3, 0.4) is 0 Å². The van der Waals surface area contributed by atoms with Crippen molar-refractivity contribution in [1.82, 2.24) is 0 Å². The van der Waals surface area contributed by atoms with E-state index in [1.807, 2.05) is 0 Å². The highest BCUT2D eigenvalue weighted by Gasteiger charge is 2.48. The first-order valence-electron chi connectivity index (χ1n) is 16.3. The third-order valence-electron chi connectivity index (χ3n) is 11.5. The highest BCUT2D eigenvalue weighted by Crippen LogP contribution is 2.56. The Labute approximate surface area is 252 Å². The molecule has 4 aromatic rings. The summed E-state index contributed by atoms with van der Waals surface area (Å²) in [7, 11) is 0. The maximum Gasteiger partial charge on any atom is 0.412 e. The second-order valence-corrected chi connectivity index (χ2v) is 13.5. The monoisotopic (exact) mass is 568 g/mol. The van der Waals surface area contributed by atoms with Crippen LogP contribution in [0.4, 0.5) is 0 Å². The van der Waals surface area contributed by atoms with Gasteiger partial charge in [-0.15, -0.1) is 0 Å². The molecule has 4 aromatic carbocycles.